The molecule has 0 bridgehead atoms. The molecule has 1 heterocycles. The zero-order valence-corrected chi connectivity index (χ0v) is 11.4. The van der Waals surface area contributed by atoms with E-state index in [0.717, 1.165) is 18.5 Å². The molecule has 2 N–H and O–H groups in total. The molecule has 2 aliphatic rings. The Morgan fingerprint density at radius 3 is 2.00 bits per heavy atom. The molecule has 1 aliphatic carbocycles. The van der Waals surface area contributed by atoms with Crippen LogP contribution in [0.15, 0.2) is 0 Å². The fourth-order valence-corrected chi connectivity index (χ4v) is 3.64. The molecular formula is C15H30N2. The standard InChI is InChI=1S/C15H30N2/c16-11-8-14-9-12-17(13-10-14)15-6-4-2-1-3-5-7-15/h14-15H,1-13,16H2. The second-order valence-corrected chi connectivity index (χ2v) is 6.06. The van der Waals surface area contributed by atoms with Crippen LogP contribution in [0.3, 0.4) is 0 Å². The molecule has 2 fully saturated rings. The van der Waals surface area contributed by atoms with Gasteiger partial charge in [-0.2, -0.15) is 0 Å². The van der Waals surface area contributed by atoms with Crippen molar-refractivity contribution in [3.05, 3.63) is 0 Å². The van der Waals surface area contributed by atoms with Crippen molar-refractivity contribution < 1.29 is 0 Å². The lowest BCUT2D eigenvalue weighted by Gasteiger charge is -2.38. The van der Waals surface area contributed by atoms with Crippen molar-refractivity contribution in [2.24, 2.45) is 11.7 Å². The van der Waals surface area contributed by atoms with Gasteiger partial charge in [0, 0.05) is 6.04 Å². The summed E-state index contributed by atoms with van der Waals surface area (Å²) in [5, 5.41) is 0. The Labute approximate surface area is 107 Å². The van der Waals surface area contributed by atoms with E-state index in [-0.39, 0.29) is 0 Å². The molecule has 17 heavy (non-hydrogen) atoms. The smallest absolute Gasteiger partial charge is 0.00952 e. The molecule has 0 radical (unpaired) electrons. The first-order chi connectivity index (χ1) is 8.40. The molecule has 0 atom stereocenters. The van der Waals surface area contributed by atoms with Crippen molar-refractivity contribution >= 4 is 0 Å². The topological polar surface area (TPSA) is 29.3 Å². The summed E-state index contributed by atoms with van der Waals surface area (Å²) in [5.74, 6) is 0.921. The third kappa shape index (κ3) is 4.26. The maximum absolute atomic E-state index is 5.66. The molecule has 1 saturated heterocycles. The van der Waals surface area contributed by atoms with Crippen molar-refractivity contribution in [2.75, 3.05) is 19.6 Å². The summed E-state index contributed by atoms with van der Waals surface area (Å²) in [6, 6.07) is 0.911. The minimum Gasteiger partial charge on any atom is -0.330 e. The zero-order chi connectivity index (χ0) is 11.9. The minimum atomic E-state index is 0.883. The van der Waals surface area contributed by atoms with Crippen LogP contribution in [-0.2, 0) is 0 Å². The van der Waals surface area contributed by atoms with E-state index in [1.165, 1.54) is 77.3 Å². The van der Waals surface area contributed by atoms with E-state index in [2.05, 4.69) is 4.90 Å². The van der Waals surface area contributed by atoms with Crippen LogP contribution in [0.25, 0.3) is 0 Å². The van der Waals surface area contributed by atoms with Crippen molar-refractivity contribution in [1.29, 1.82) is 0 Å². The van der Waals surface area contributed by atoms with Crippen molar-refractivity contribution in [2.45, 2.75) is 70.3 Å². The molecule has 2 heteroatoms. The molecular weight excluding hydrogens is 208 g/mol. The van der Waals surface area contributed by atoms with Gasteiger partial charge in [-0.05, 0) is 57.7 Å². The number of nitrogens with zero attached hydrogens (tertiary/aromatic N) is 1. The van der Waals surface area contributed by atoms with E-state index < -0.39 is 0 Å². The molecule has 2 rings (SSSR count). The first kappa shape index (κ1) is 13.4. The Morgan fingerprint density at radius 2 is 1.41 bits per heavy atom. The van der Waals surface area contributed by atoms with Gasteiger partial charge < -0.3 is 10.6 Å². The van der Waals surface area contributed by atoms with Crippen LogP contribution in [0.5, 0.6) is 0 Å². The predicted octanol–water partition coefficient (Wildman–Crippen LogP) is 3.16. The summed E-state index contributed by atoms with van der Waals surface area (Å²) < 4.78 is 0. The van der Waals surface area contributed by atoms with Gasteiger partial charge in [-0.3, -0.25) is 0 Å². The average Bonchev–Trinajstić information content (AvgIpc) is 2.30. The van der Waals surface area contributed by atoms with Crippen LogP contribution in [0.1, 0.15) is 64.2 Å². The third-order valence-corrected chi connectivity index (χ3v) is 4.82. The maximum atomic E-state index is 5.66. The lowest BCUT2D eigenvalue weighted by molar-refractivity contribution is 0.111. The normalized spacial score (nSPS) is 26.6. The molecule has 0 aromatic carbocycles. The highest BCUT2D eigenvalue weighted by Crippen LogP contribution is 2.27. The summed E-state index contributed by atoms with van der Waals surface area (Å²) in [6.45, 7) is 3.57. The summed E-state index contributed by atoms with van der Waals surface area (Å²) in [5.41, 5.74) is 5.66. The highest BCUT2D eigenvalue weighted by Gasteiger charge is 2.24. The van der Waals surface area contributed by atoms with Gasteiger partial charge in [-0.1, -0.05) is 32.1 Å². The van der Waals surface area contributed by atoms with Crippen LogP contribution in [0.4, 0.5) is 0 Å². The number of rotatable bonds is 3. The minimum absolute atomic E-state index is 0.883. The van der Waals surface area contributed by atoms with E-state index in [1.807, 2.05) is 0 Å². The fraction of sp³-hybridized carbons (Fsp3) is 1.00. The molecule has 0 amide bonds. The van der Waals surface area contributed by atoms with Gasteiger partial charge in [0.25, 0.3) is 0 Å². The predicted molar refractivity (Wildman–Crippen MR) is 74.1 cm³/mol. The molecule has 0 aromatic heterocycles. The molecule has 0 unspecified atom stereocenters. The zero-order valence-electron chi connectivity index (χ0n) is 11.4. The average molecular weight is 238 g/mol. The lowest BCUT2D eigenvalue weighted by Crippen LogP contribution is -2.42. The van der Waals surface area contributed by atoms with E-state index >= 15 is 0 Å². The van der Waals surface area contributed by atoms with Crippen molar-refractivity contribution in [1.82, 2.24) is 4.90 Å². The third-order valence-electron chi connectivity index (χ3n) is 4.82. The Morgan fingerprint density at radius 1 is 0.824 bits per heavy atom. The van der Waals surface area contributed by atoms with Crippen LogP contribution >= 0.6 is 0 Å². The van der Waals surface area contributed by atoms with Gasteiger partial charge in [0.05, 0.1) is 0 Å². The maximum Gasteiger partial charge on any atom is 0.00952 e. The van der Waals surface area contributed by atoms with Gasteiger partial charge >= 0.3 is 0 Å². The Kier molecular flexibility index (Phi) is 5.79. The van der Waals surface area contributed by atoms with E-state index in [4.69, 9.17) is 5.73 Å². The Bertz CT molecular complexity index is 189. The summed E-state index contributed by atoms with van der Waals surface area (Å²) in [6.07, 6.45) is 14.3. The largest absolute Gasteiger partial charge is 0.330 e. The SMILES string of the molecule is NCCC1CCN(C2CCCCCCC2)CC1. The van der Waals surface area contributed by atoms with Gasteiger partial charge in [-0.15, -0.1) is 0 Å². The molecule has 0 spiro atoms. The number of piperidine rings is 1. The number of likely N-dealkylation sites (tertiary alicyclic amines) is 1. The summed E-state index contributed by atoms with van der Waals surface area (Å²) in [7, 11) is 0. The molecule has 1 saturated carbocycles. The van der Waals surface area contributed by atoms with Crippen molar-refractivity contribution in [3.8, 4) is 0 Å². The monoisotopic (exact) mass is 238 g/mol. The molecule has 0 aromatic rings. The first-order valence-electron chi connectivity index (χ1n) is 7.84. The highest BCUT2D eigenvalue weighted by molar-refractivity contribution is 4.79. The molecule has 100 valence electrons. The second kappa shape index (κ2) is 7.38. The number of hydrogen-bond donors (Lipinski definition) is 1. The van der Waals surface area contributed by atoms with Gasteiger partial charge in [-0.25, -0.2) is 0 Å². The van der Waals surface area contributed by atoms with E-state index in [1.54, 1.807) is 0 Å². The Balaban J connectivity index is 1.74. The number of nitrogens with two attached hydrogens (primary N) is 1. The second-order valence-electron chi connectivity index (χ2n) is 6.06. The van der Waals surface area contributed by atoms with Gasteiger partial charge in [0.2, 0.25) is 0 Å². The van der Waals surface area contributed by atoms with Gasteiger partial charge in [0.1, 0.15) is 0 Å². The summed E-state index contributed by atoms with van der Waals surface area (Å²) >= 11 is 0. The fourth-order valence-electron chi connectivity index (χ4n) is 3.64. The van der Waals surface area contributed by atoms with E-state index in [0.29, 0.717) is 0 Å². The van der Waals surface area contributed by atoms with Crippen LogP contribution < -0.4 is 5.73 Å². The van der Waals surface area contributed by atoms with Crippen LogP contribution in [-0.4, -0.2) is 30.6 Å². The highest BCUT2D eigenvalue weighted by atomic mass is 15.2. The number of hydrogen-bond acceptors (Lipinski definition) is 2. The van der Waals surface area contributed by atoms with Crippen molar-refractivity contribution in [3.63, 3.8) is 0 Å². The first-order valence-corrected chi connectivity index (χ1v) is 7.84. The molecule has 2 nitrogen and oxygen atoms in total. The summed E-state index contributed by atoms with van der Waals surface area (Å²) in [4.78, 5) is 2.79. The molecule has 1 aliphatic heterocycles. The van der Waals surface area contributed by atoms with Crippen LogP contribution in [0.2, 0.25) is 0 Å². The van der Waals surface area contributed by atoms with Crippen LogP contribution in [0, 0.1) is 5.92 Å². The Hall–Kier alpha value is -0.0800. The quantitative estimate of drug-likeness (QED) is 0.818. The van der Waals surface area contributed by atoms with E-state index in [9.17, 15) is 0 Å². The lowest BCUT2D eigenvalue weighted by atomic mass is 9.90. The van der Waals surface area contributed by atoms with Gasteiger partial charge in [0.15, 0.2) is 0 Å².